The number of hydrogen-bond donors (Lipinski definition) is 1. The SMILES string of the molecule is CN1CN(CCCCc2cc3ccccc3o2)C=C2C1=CNN2CC(F)(F)F. The molecule has 0 radical (unpaired) electrons. The molecule has 2 aliphatic rings. The Morgan fingerprint density at radius 2 is 1.96 bits per heavy atom. The second kappa shape index (κ2) is 7.33. The van der Waals surface area contributed by atoms with E-state index in [-0.39, 0.29) is 0 Å². The zero-order valence-corrected chi connectivity index (χ0v) is 15.7. The van der Waals surface area contributed by atoms with E-state index in [1.807, 2.05) is 42.4 Å². The predicted molar refractivity (Wildman–Crippen MR) is 101 cm³/mol. The number of furan rings is 1. The van der Waals surface area contributed by atoms with E-state index < -0.39 is 12.7 Å². The van der Waals surface area contributed by atoms with Crippen molar-refractivity contribution in [2.75, 3.05) is 26.8 Å². The summed E-state index contributed by atoms with van der Waals surface area (Å²) in [5, 5.41) is 2.25. The first-order valence-electron chi connectivity index (χ1n) is 9.34. The third kappa shape index (κ3) is 4.05. The second-order valence-electron chi connectivity index (χ2n) is 7.23. The van der Waals surface area contributed by atoms with E-state index in [9.17, 15) is 13.2 Å². The average molecular weight is 392 g/mol. The maximum Gasteiger partial charge on any atom is 0.407 e. The number of hydrogen-bond acceptors (Lipinski definition) is 5. The smallest absolute Gasteiger partial charge is 0.407 e. The molecule has 150 valence electrons. The molecule has 4 rings (SSSR count). The van der Waals surface area contributed by atoms with Crippen molar-refractivity contribution in [3.05, 3.63) is 59.9 Å². The molecular weight excluding hydrogens is 369 g/mol. The number of rotatable bonds is 6. The largest absolute Gasteiger partial charge is 0.461 e. The summed E-state index contributed by atoms with van der Waals surface area (Å²) in [5.74, 6) is 0.969. The van der Waals surface area contributed by atoms with Crippen LogP contribution in [0.2, 0.25) is 0 Å². The minimum atomic E-state index is -4.26. The molecule has 0 atom stereocenters. The van der Waals surface area contributed by atoms with E-state index in [4.69, 9.17) is 4.42 Å². The summed E-state index contributed by atoms with van der Waals surface area (Å²) in [5.41, 5.74) is 4.95. The van der Waals surface area contributed by atoms with Crippen LogP contribution in [0.4, 0.5) is 13.2 Å². The summed E-state index contributed by atoms with van der Waals surface area (Å²) in [4.78, 5) is 4.01. The molecule has 0 saturated carbocycles. The third-order valence-corrected chi connectivity index (χ3v) is 4.95. The summed E-state index contributed by atoms with van der Waals surface area (Å²) in [7, 11) is 1.89. The summed E-state index contributed by atoms with van der Waals surface area (Å²) in [6.07, 6.45) is 1.92. The third-order valence-electron chi connectivity index (χ3n) is 4.95. The molecule has 0 aliphatic carbocycles. The number of nitrogens with one attached hydrogen (secondary N) is 1. The molecule has 0 unspecified atom stereocenters. The minimum Gasteiger partial charge on any atom is -0.461 e. The van der Waals surface area contributed by atoms with E-state index in [1.54, 1.807) is 6.20 Å². The van der Waals surface area contributed by atoms with Gasteiger partial charge in [-0.15, -0.1) is 0 Å². The van der Waals surface area contributed by atoms with E-state index in [2.05, 4.69) is 16.4 Å². The summed E-state index contributed by atoms with van der Waals surface area (Å²) < 4.78 is 44.2. The number of para-hydroxylation sites is 1. The number of benzene rings is 1. The Bertz CT molecular complexity index is 869. The zero-order valence-electron chi connectivity index (χ0n) is 15.7. The second-order valence-corrected chi connectivity index (χ2v) is 7.23. The Kier molecular flexibility index (Phi) is 4.87. The van der Waals surface area contributed by atoms with E-state index in [0.29, 0.717) is 12.4 Å². The number of halogens is 3. The standard InChI is InChI=1S/C20H23F3N4O/c1-25-14-26(12-18-17(25)11-24-27(18)13-20(21,22)23)9-5-4-7-16-10-15-6-2-3-8-19(15)28-16/h2-3,6,8,10-12,24H,4-5,7,9,13-14H2,1H3. The van der Waals surface area contributed by atoms with Crippen LogP contribution in [0.25, 0.3) is 11.0 Å². The number of nitrogens with zero attached hydrogens (tertiary/aromatic N) is 3. The van der Waals surface area contributed by atoms with Crippen LogP contribution in [0.5, 0.6) is 0 Å². The topological polar surface area (TPSA) is 34.9 Å². The van der Waals surface area contributed by atoms with Crippen LogP contribution in [-0.4, -0.2) is 47.8 Å². The fourth-order valence-electron chi connectivity index (χ4n) is 3.64. The highest BCUT2D eigenvalue weighted by atomic mass is 19.4. The van der Waals surface area contributed by atoms with Gasteiger partial charge in [-0.25, -0.2) is 0 Å². The van der Waals surface area contributed by atoms with Gasteiger partial charge in [0.05, 0.1) is 18.1 Å². The Morgan fingerprint density at radius 1 is 1.14 bits per heavy atom. The van der Waals surface area contributed by atoms with Gasteiger partial charge in [0.1, 0.15) is 17.9 Å². The van der Waals surface area contributed by atoms with Gasteiger partial charge in [0, 0.05) is 37.8 Å². The average Bonchev–Trinajstić information content (AvgIpc) is 3.21. The molecular formula is C20H23F3N4O. The Morgan fingerprint density at radius 3 is 2.75 bits per heavy atom. The molecule has 5 nitrogen and oxygen atoms in total. The van der Waals surface area contributed by atoms with Crippen LogP contribution in [-0.2, 0) is 6.42 Å². The molecule has 3 heterocycles. The lowest BCUT2D eigenvalue weighted by atomic mass is 10.1. The molecule has 1 aromatic carbocycles. The van der Waals surface area contributed by atoms with Gasteiger partial charge in [-0.1, -0.05) is 18.2 Å². The highest BCUT2D eigenvalue weighted by molar-refractivity contribution is 5.77. The first kappa shape index (κ1) is 18.6. The number of fused-ring (bicyclic) bond motifs is 2. The first-order valence-corrected chi connectivity index (χ1v) is 9.34. The van der Waals surface area contributed by atoms with Crippen LogP contribution in [0.1, 0.15) is 18.6 Å². The first-order chi connectivity index (χ1) is 13.4. The van der Waals surface area contributed by atoms with Crippen LogP contribution in [0, 0.1) is 0 Å². The van der Waals surface area contributed by atoms with Crippen molar-refractivity contribution >= 4 is 11.0 Å². The minimum absolute atomic E-state index is 0.559. The lowest BCUT2D eigenvalue weighted by Crippen LogP contribution is -2.42. The van der Waals surface area contributed by atoms with E-state index in [0.717, 1.165) is 53.2 Å². The van der Waals surface area contributed by atoms with Gasteiger partial charge in [-0.3, -0.25) is 5.01 Å². The Hall–Kier alpha value is -2.77. The number of hydrazine groups is 1. The number of unbranched alkanes of at least 4 members (excludes halogenated alkanes) is 1. The summed E-state index contributed by atoms with van der Waals surface area (Å²) >= 11 is 0. The summed E-state index contributed by atoms with van der Waals surface area (Å²) in [6, 6.07) is 10.0. The molecule has 0 spiro atoms. The van der Waals surface area contributed by atoms with Crippen molar-refractivity contribution in [1.29, 1.82) is 0 Å². The zero-order chi connectivity index (χ0) is 19.7. The fourth-order valence-corrected chi connectivity index (χ4v) is 3.64. The molecule has 0 bridgehead atoms. The van der Waals surface area contributed by atoms with Gasteiger partial charge in [0.25, 0.3) is 0 Å². The van der Waals surface area contributed by atoms with Crippen molar-refractivity contribution in [2.45, 2.75) is 25.4 Å². The number of likely N-dealkylation sites (N-methyl/N-ethyl adjacent to an activating group) is 1. The molecule has 1 N–H and O–H groups in total. The number of aryl methyl sites for hydroxylation is 1. The lowest BCUT2D eigenvalue weighted by molar-refractivity contribution is -0.145. The van der Waals surface area contributed by atoms with Crippen molar-refractivity contribution in [2.24, 2.45) is 0 Å². The monoisotopic (exact) mass is 392 g/mol. The highest BCUT2D eigenvalue weighted by Crippen LogP contribution is 2.29. The van der Waals surface area contributed by atoms with Gasteiger partial charge in [-0.2, -0.15) is 13.2 Å². The molecule has 2 aromatic rings. The molecule has 28 heavy (non-hydrogen) atoms. The fraction of sp³-hybridized carbons (Fsp3) is 0.400. The quantitative estimate of drug-likeness (QED) is 0.751. The maximum atomic E-state index is 12.8. The van der Waals surface area contributed by atoms with Gasteiger partial charge in [0.15, 0.2) is 0 Å². The maximum absolute atomic E-state index is 12.8. The van der Waals surface area contributed by atoms with Crippen molar-refractivity contribution in [3.8, 4) is 0 Å². The van der Waals surface area contributed by atoms with Crippen LogP contribution in [0.3, 0.4) is 0 Å². The molecule has 0 saturated heterocycles. The van der Waals surface area contributed by atoms with Gasteiger partial charge in [-0.05, 0) is 25.0 Å². The normalized spacial score (nSPS) is 16.9. The molecule has 0 fully saturated rings. The predicted octanol–water partition coefficient (Wildman–Crippen LogP) is 4.03. The summed E-state index contributed by atoms with van der Waals surface area (Å²) in [6.45, 7) is 0.412. The molecule has 1 aromatic heterocycles. The Balaban J connectivity index is 1.32. The van der Waals surface area contributed by atoms with Crippen LogP contribution < -0.4 is 5.43 Å². The Labute approximate surface area is 161 Å². The van der Waals surface area contributed by atoms with Crippen molar-refractivity contribution < 1.29 is 17.6 Å². The van der Waals surface area contributed by atoms with E-state index >= 15 is 0 Å². The van der Waals surface area contributed by atoms with Crippen molar-refractivity contribution in [3.63, 3.8) is 0 Å². The molecule has 8 heteroatoms. The van der Waals surface area contributed by atoms with Crippen molar-refractivity contribution in [1.82, 2.24) is 20.2 Å². The van der Waals surface area contributed by atoms with Crippen LogP contribution >= 0.6 is 0 Å². The lowest BCUT2D eigenvalue weighted by Gasteiger charge is -2.36. The number of alkyl halides is 3. The highest BCUT2D eigenvalue weighted by Gasteiger charge is 2.36. The van der Waals surface area contributed by atoms with Gasteiger partial charge < -0.3 is 19.6 Å². The van der Waals surface area contributed by atoms with Crippen LogP contribution in [0.15, 0.2) is 58.5 Å². The van der Waals surface area contributed by atoms with E-state index in [1.165, 1.54) is 0 Å². The molecule has 2 aliphatic heterocycles. The molecule has 0 amide bonds. The van der Waals surface area contributed by atoms with Gasteiger partial charge >= 0.3 is 6.18 Å². The van der Waals surface area contributed by atoms with Gasteiger partial charge in [0.2, 0.25) is 0 Å².